The second-order valence-corrected chi connectivity index (χ2v) is 4.76. The monoisotopic (exact) mass is 262 g/mol. The van der Waals surface area contributed by atoms with Gasteiger partial charge in [0.15, 0.2) is 0 Å². The molecule has 0 aliphatic heterocycles. The molecule has 102 valence electrons. The van der Waals surface area contributed by atoms with Crippen LogP contribution in [0.25, 0.3) is 0 Å². The van der Waals surface area contributed by atoms with Crippen LogP contribution in [0.5, 0.6) is 5.75 Å². The zero-order chi connectivity index (χ0) is 13.7. The van der Waals surface area contributed by atoms with Crippen LogP contribution in [-0.2, 0) is 20.7 Å². The van der Waals surface area contributed by atoms with Crippen molar-refractivity contribution >= 4 is 11.8 Å². The number of carbonyl (C=O) groups excluding carboxylic acids is 2. The van der Waals surface area contributed by atoms with Crippen LogP contribution < -0.4 is 4.74 Å². The van der Waals surface area contributed by atoms with Gasteiger partial charge in [-0.1, -0.05) is 12.1 Å². The minimum atomic E-state index is -0.800. The van der Waals surface area contributed by atoms with Gasteiger partial charge in [0.05, 0.1) is 13.2 Å². The maximum atomic E-state index is 11.4. The molecule has 0 bridgehead atoms. The fraction of sp³-hybridized carbons (Fsp3) is 0.467. The zero-order valence-electron chi connectivity index (χ0n) is 11.1. The lowest BCUT2D eigenvalue weighted by Crippen LogP contribution is -2.17. The number of methoxy groups -OCH3 is 1. The molecule has 0 saturated heterocycles. The molecule has 1 saturated carbocycles. The van der Waals surface area contributed by atoms with E-state index in [9.17, 15) is 9.59 Å². The second kappa shape index (κ2) is 6.36. The normalized spacial score (nSPS) is 15.2. The minimum absolute atomic E-state index is 0.0659. The van der Waals surface area contributed by atoms with Crippen LogP contribution in [0.2, 0.25) is 0 Å². The Kier molecular flexibility index (Phi) is 4.55. The van der Waals surface area contributed by atoms with E-state index in [-0.39, 0.29) is 6.42 Å². The summed E-state index contributed by atoms with van der Waals surface area (Å²) in [6.45, 7) is 0. The van der Waals surface area contributed by atoms with Crippen LogP contribution in [0.1, 0.15) is 31.2 Å². The lowest BCUT2D eigenvalue weighted by Gasteiger charge is -2.13. The number of rotatable bonds is 5. The molecule has 0 radical (unpaired) electrons. The van der Waals surface area contributed by atoms with Gasteiger partial charge < -0.3 is 9.47 Å². The Morgan fingerprint density at radius 3 is 2.37 bits per heavy atom. The van der Waals surface area contributed by atoms with Gasteiger partial charge in [-0.2, -0.15) is 0 Å². The number of benzene rings is 1. The third-order valence-electron chi connectivity index (χ3n) is 3.31. The predicted octanol–water partition coefficient (Wildman–Crippen LogP) is 2.29. The average Bonchev–Trinajstić information content (AvgIpc) is 2.93. The summed E-state index contributed by atoms with van der Waals surface area (Å²) in [6, 6.07) is 7.31. The molecule has 1 aromatic carbocycles. The molecule has 4 nitrogen and oxygen atoms in total. The zero-order valence-corrected chi connectivity index (χ0v) is 11.1. The largest absolute Gasteiger partial charge is 0.490 e. The van der Waals surface area contributed by atoms with E-state index in [0.717, 1.165) is 24.2 Å². The van der Waals surface area contributed by atoms with Crippen molar-refractivity contribution in [2.45, 2.75) is 38.2 Å². The topological polar surface area (TPSA) is 52.6 Å². The van der Waals surface area contributed by atoms with Crippen molar-refractivity contribution in [1.29, 1.82) is 0 Å². The van der Waals surface area contributed by atoms with Gasteiger partial charge in [0, 0.05) is 6.42 Å². The number of Topliss-reactive ketones (excluding diaryl/α,β-unsaturated/α-hetero) is 1. The quantitative estimate of drug-likeness (QED) is 0.603. The summed E-state index contributed by atoms with van der Waals surface area (Å²) in [7, 11) is 1.21. The number of hydrogen-bond donors (Lipinski definition) is 0. The van der Waals surface area contributed by atoms with E-state index >= 15 is 0 Å². The molecule has 1 aliphatic rings. The Morgan fingerprint density at radius 1 is 1.16 bits per heavy atom. The van der Waals surface area contributed by atoms with Gasteiger partial charge in [-0.05, 0) is 43.4 Å². The maximum Gasteiger partial charge on any atom is 0.374 e. The standard InChI is InChI=1S/C15H18O4/c1-18-15(17)14(16)10-11-6-8-13(9-7-11)19-12-4-2-3-5-12/h6-9,12H,2-5,10H2,1H3. The first kappa shape index (κ1) is 13.6. The first-order chi connectivity index (χ1) is 9.19. The average molecular weight is 262 g/mol. The van der Waals surface area contributed by atoms with E-state index in [1.807, 2.05) is 24.3 Å². The highest BCUT2D eigenvalue weighted by atomic mass is 16.5. The molecule has 1 fully saturated rings. The van der Waals surface area contributed by atoms with Crippen molar-refractivity contribution in [2.75, 3.05) is 7.11 Å². The molecule has 2 rings (SSSR count). The molecule has 0 unspecified atom stereocenters. The molecular weight excluding hydrogens is 244 g/mol. The summed E-state index contributed by atoms with van der Waals surface area (Å²) in [5.41, 5.74) is 0.786. The fourth-order valence-corrected chi connectivity index (χ4v) is 2.26. The number of carbonyl (C=O) groups is 2. The Morgan fingerprint density at radius 2 is 1.79 bits per heavy atom. The number of esters is 1. The van der Waals surface area contributed by atoms with E-state index in [2.05, 4.69) is 4.74 Å². The molecule has 1 aromatic rings. The summed E-state index contributed by atoms with van der Waals surface area (Å²) in [5, 5.41) is 0. The summed E-state index contributed by atoms with van der Waals surface area (Å²) >= 11 is 0. The van der Waals surface area contributed by atoms with E-state index in [1.54, 1.807) is 0 Å². The Bertz CT molecular complexity index is 444. The third-order valence-corrected chi connectivity index (χ3v) is 3.31. The lowest BCUT2D eigenvalue weighted by molar-refractivity contribution is -0.151. The smallest absolute Gasteiger partial charge is 0.374 e. The highest BCUT2D eigenvalue weighted by Gasteiger charge is 2.17. The maximum absolute atomic E-state index is 11.4. The van der Waals surface area contributed by atoms with E-state index in [0.29, 0.717) is 6.10 Å². The Hall–Kier alpha value is -1.84. The van der Waals surface area contributed by atoms with Crippen molar-refractivity contribution in [3.05, 3.63) is 29.8 Å². The molecule has 0 atom stereocenters. The van der Waals surface area contributed by atoms with E-state index in [1.165, 1.54) is 20.0 Å². The molecule has 0 heterocycles. The summed E-state index contributed by atoms with van der Waals surface area (Å²) in [6.07, 6.45) is 5.08. The van der Waals surface area contributed by atoms with Gasteiger partial charge in [-0.25, -0.2) is 4.79 Å². The van der Waals surface area contributed by atoms with Crippen molar-refractivity contribution < 1.29 is 19.1 Å². The van der Waals surface area contributed by atoms with E-state index in [4.69, 9.17) is 4.74 Å². The van der Waals surface area contributed by atoms with Crippen molar-refractivity contribution in [3.8, 4) is 5.75 Å². The number of ether oxygens (including phenoxy) is 2. The minimum Gasteiger partial charge on any atom is -0.490 e. The lowest BCUT2D eigenvalue weighted by atomic mass is 10.1. The highest BCUT2D eigenvalue weighted by molar-refractivity contribution is 6.34. The Balaban J connectivity index is 1.90. The van der Waals surface area contributed by atoms with Crippen molar-refractivity contribution in [2.24, 2.45) is 0 Å². The first-order valence-corrected chi connectivity index (χ1v) is 6.56. The molecule has 0 aromatic heterocycles. The second-order valence-electron chi connectivity index (χ2n) is 4.76. The fourth-order valence-electron chi connectivity index (χ4n) is 2.26. The van der Waals surface area contributed by atoms with Crippen LogP contribution in [0, 0.1) is 0 Å². The SMILES string of the molecule is COC(=O)C(=O)Cc1ccc(OC2CCCC2)cc1. The van der Waals surface area contributed by atoms with Crippen LogP contribution in [0.4, 0.5) is 0 Å². The molecule has 0 spiro atoms. The number of ketones is 1. The predicted molar refractivity (Wildman–Crippen MR) is 70.1 cm³/mol. The summed E-state index contributed by atoms with van der Waals surface area (Å²) in [4.78, 5) is 22.4. The van der Waals surface area contributed by atoms with Gasteiger partial charge in [-0.3, -0.25) is 4.79 Å². The van der Waals surface area contributed by atoms with Crippen LogP contribution >= 0.6 is 0 Å². The molecule has 0 N–H and O–H groups in total. The molecule has 1 aliphatic carbocycles. The molecular formula is C15H18O4. The molecule has 0 amide bonds. The van der Waals surface area contributed by atoms with Crippen LogP contribution in [0.15, 0.2) is 24.3 Å². The van der Waals surface area contributed by atoms with Gasteiger partial charge in [-0.15, -0.1) is 0 Å². The van der Waals surface area contributed by atoms with Gasteiger partial charge in [0.1, 0.15) is 5.75 Å². The highest BCUT2D eigenvalue weighted by Crippen LogP contribution is 2.24. The van der Waals surface area contributed by atoms with Gasteiger partial charge in [0.2, 0.25) is 5.78 Å². The Labute approximate surface area is 112 Å². The van der Waals surface area contributed by atoms with Gasteiger partial charge in [0.25, 0.3) is 0 Å². The molecule has 4 heteroatoms. The summed E-state index contributed by atoms with van der Waals surface area (Å²) in [5.74, 6) is -0.514. The number of hydrogen-bond acceptors (Lipinski definition) is 4. The van der Waals surface area contributed by atoms with Crippen molar-refractivity contribution in [1.82, 2.24) is 0 Å². The van der Waals surface area contributed by atoms with Crippen molar-refractivity contribution in [3.63, 3.8) is 0 Å². The van der Waals surface area contributed by atoms with Crippen LogP contribution in [-0.4, -0.2) is 25.0 Å². The molecule has 19 heavy (non-hydrogen) atoms. The third kappa shape index (κ3) is 3.81. The van der Waals surface area contributed by atoms with E-state index < -0.39 is 11.8 Å². The first-order valence-electron chi connectivity index (χ1n) is 6.56. The van der Waals surface area contributed by atoms with Crippen LogP contribution in [0.3, 0.4) is 0 Å². The summed E-state index contributed by atoms with van der Waals surface area (Å²) < 4.78 is 10.2. The van der Waals surface area contributed by atoms with Gasteiger partial charge >= 0.3 is 5.97 Å².